The highest BCUT2D eigenvalue weighted by Gasteiger charge is 2.11. The van der Waals surface area contributed by atoms with Gasteiger partial charge in [-0.3, -0.25) is 0 Å². The van der Waals surface area contributed by atoms with Gasteiger partial charge < -0.3 is 10.2 Å². The van der Waals surface area contributed by atoms with Crippen LogP contribution in [0, 0.1) is 0 Å². The van der Waals surface area contributed by atoms with Gasteiger partial charge in [0.1, 0.15) is 0 Å². The maximum absolute atomic E-state index is 4.06. The summed E-state index contributed by atoms with van der Waals surface area (Å²) in [5.74, 6) is 0. The van der Waals surface area contributed by atoms with Crippen LogP contribution < -0.4 is 5.32 Å². The molecule has 14 heavy (non-hydrogen) atoms. The van der Waals surface area contributed by atoms with E-state index in [0.29, 0.717) is 0 Å². The lowest BCUT2D eigenvalue weighted by Gasteiger charge is -2.27. The molecular formula is C12H20N2. The lowest BCUT2D eigenvalue weighted by Crippen LogP contribution is -2.25. The first kappa shape index (κ1) is 11.1. The average Bonchev–Trinajstić information content (AvgIpc) is 2.18. The molecule has 2 heteroatoms. The van der Waals surface area contributed by atoms with Crippen molar-refractivity contribution in [2.45, 2.75) is 19.8 Å². The fourth-order valence-corrected chi connectivity index (χ4v) is 1.72. The number of nitrogens with one attached hydrogen (secondary N) is 1. The number of nitrogens with zero attached hydrogens (tertiary/aromatic N) is 1. The van der Waals surface area contributed by atoms with Crippen molar-refractivity contribution >= 4 is 0 Å². The van der Waals surface area contributed by atoms with Crippen molar-refractivity contribution in [2.24, 2.45) is 0 Å². The van der Waals surface area contributed by atoms with Crippen molar-refractivity contribution in [3.05, 3.63) is 35.7 Å². The molecule has 0 atom stereocenters. The molecule has 1 N–H and O–H groups in total. The van der Waals surface area contributed by atoms with E-state index in [4.69, 9.17) is 0 Å². The second-order valence-electron chi connectivity index (χ2n) is 3.73. The predicted octanol–water partition coefficient (Wildman–Crippen LogP) is 2.28. The molecule has 0 saturated carbocycles. The summed E-state index contributed by atoms with van der Waals surface area (Å²) in [7, 11) is 4.04. The molecule has 78 valence electrons. The van der Waals surface area contributed by atoms with Crippen LogP contribution in [0.3, 0.4) is 0 Å². The highest BCUT2D eigenvalue weighted by molar-refractivity contribution is 5.28. The smallest absolute Gasteiger partial charge is 0.0350 e. The van der Waals surface area contributed by atoms with E-state index < -0.39 is 0 Å². The molecule has 1 rings (SSSR count). The standard InChI is InChI=1S/C12H20N2/c1-10-7-5-6-8-12(10)14(4)11(2)9-13-3/h5,7,13H,2,6,8-9H2,1,3-4H3. The van der Waals surface area contributed by atoms with Crippen molar-refractivity contribution in [1.29, 1.82) is 0 Å². The summed E-state index contributed by atoms with van der Waals surface area (Å²) in [6.07, 6.45) is 6.70. The number of hydrogen-bond acceptors (Lipinski definition) is 2. The Morgan fingerprint density at radius 1 is 1.64 bits per heavy atom. The van der Waals surface area contributed by atoms with Gasteiger partial charge in [-0.2, -0.15) is 0 Å². The minimum absolute atomic E-state index is 0.844. The molecule has 1 aliphatic carbocycles. The monoisotopic (exact) mass is 192 g/mol. The topological polar surface area (TPSA) is 15.3 Å². The average molecular weight is 192 g/mol. The first-order valence-corrected chi connectivity index (χ1v) is 5.09. The fourth-order valence-electron chi connectivity index (χ4n) is 1.72. The minimum atomic E-state index is 0.844. The molecule has 0 fully saturated rings. The van der Waals surface area contributed by atoms with E-state index in [1.807, 2.05) is 7.05 Å². The van der Waals surface area contributed by atoms with Crippen LogP contribution in [0.2, 0.25) is 0 Å². The number of rotatable bonds is 4. The van der Waals surface area contributed by atoms with E-state index in [-0.39, 0.29) is 0 Å². The molecule has 0 aromatic heterocycles. The SMILES string of the molecule is C=C(CNC)N(C)C1=C(C)C=CCC1. The van der Waals surface area contributed by atoms with Crippen LogP contribution in [0.5, 0.6) is 0 Å². The minimum Gasteiger partial charge on any atom is -0.351 e. The van der Waals surface area contributed by atoms with E-state index in [1.54, 1.807) is 0 Å². The zero-order valence-electron chi connectivity index (χ0n) is 9.43. The quantitative estimate of drug-likeness (QED) is 0.735. The van der Waals surface area contributed by atoms with Crippen LogP contribution in [0.4, 0.5) is 0 Å². The van der Waals surface area contributed by atoms with Crippen LogP contribution >= 0.6 is 0 Å². The van der Waals surface area contributed by atoms with Crippen LogP contribution in [-0.2, 0) is 0 Å². The Hall–Kier alpha value is -1.02. The molecule has 0 unspecified atom stereocenters. The van der Waals surface area contributed by atoms with E-state index in [1.165, 1.54) is 11.3 Å². The first-order chi connectivity index (χ1) is 6.66. The van der Waals surface area contributed by atoms with E-state index in [0.717, 1.165) is 25.1 Å². The Bertz CT molecular complexity index is 274. The van der Waals surface area contributed by atoms with E-state index in [9.17, 15) is 0 Å². The Balaban J connectivity index is 2.72. The molecule has 0 bridgehead atoms. The van der Waals surface area contributed by atoms with Gasteiger partial charge in [0.25, 0.3) is 0 Å². The molecule has 0 spiro atoms. The van der Waals surface area contributed by atoms with Crippen LogP contribution in [0.15, 0.2) is 35.7 Å². The highest BCUT2D eigenvalue weighted by Crippen LogP contribution is 2.23. The van der Waals surface area contributed by atoms with Gasteiger partial charge in [-0.1, -0.05) is 18.7 Å². The summed E-state index contributed by atoms with van der Waals surface area (Å²) < 4.78 is 0. The Kier molecular flexibility index (Phi) is 3.96. The fraction of sp³-hybridized carbons (Fsp3) is 0.500. The van der Waals surface area contributed by atoms with Crippen molar-refractivity contribution < 1.29 is 0 Å². The lowest BCUT2D eigenvalue weighted by molar-refractivity contribution is 0.472. The molecule has 0 saturated heterocycles. The predicted molar refractivity (Wildman–Crippen MR) is 61.9 cm³/mol. The van der Waals surface area contributed by atoms with Gasteiger partial charge in [0.05, 0.1) is 0 Å². The molecule has 0 aromatic rings. The van der Waals surface area contributed by atoms with Gasteiger partial charge in [-0.25, -0.2) is 0 Å². The summed E-state index contributed by atoms with van der Waals surface area (Å²) in [5, 5.41) is 3.12. The Morgan fingerprint density at radius 2 is 2.36 bits per heavy atom. The summed E-state index contributed by atoms with van der Waals surface area (Å²) >= 11 is 0. The molecule has 0 heterocycles. The Morgan fingerprint density at radius 3 is 2.93 bits per heavy atom. The molecule has 0 radical (unpaired) electrons. The van der Waals surface area contributed by atoms with Crippen LogP contribution in [0.25, 0.3) is 0 Å². The molecule has 0 aliphatic heterocycles. The molecule has 0 aromatic carbocycles. The summed E-state index contributed by atoms with van der Waals surface area (Å²) in [6.45, 7) is 7.06. The van der Waals surface area contributed by atoms with Crippen molar-refractivity contribution in [1.82, 2.24) is 10.2 Å². The van der Waals surface area contributed by atoms with Gasteiger partial charge in [0.15, 0.2) is 0 Å². The molecular weight excluding hydrogens is 172 g/mol. The van der Waals surface area contributed by atoms with Crippen molar-refractivity contribution in [3.63, 3.8) is 0 Å². The zero-order valence-corrected chi connectivity index (χ0v) is 9.43. The van der Waals surface area contributed by atoms with Crippen LogP contribution in [0.1, 0.15) is 19.8 Å². The number of likely N-dealkylation sites (N-methyl/N-ethyl adjacent to an activating group) is 2. The van der Waals surface area contributed by atoms with Gasteiger partial charge in [0.2, 0.25) is 0 Å². The number of hydrogen-bond donors (Lipinski definition) is 1. The summed E-state index contributed by atoms with van der Waals surface area (Å²) in [4.78, 5) is 2.20. The van der Waals surface area contributed by atoms with Gasteiger partial charge in [0, 0.05) is 25.0 Å². The third-order valence-electron chi connectivity index (χ3n) is 2.63. The Labute approximate surface area is 87.0 Å². The van der Waals surface area contributed by atoms with Crippen LogP contribution in [-0.4, -0.2) is 25.5 Å². The second kappa shape index (κ2) is 5.01. The van der Waals surface area contributed by atoms with Crippen molar-refractivity contribution in [3.8, 4) is 0 Å². The zero-order chi connectivity index (χ0) is 10.6. The van der Waals surface area contributed by atoms with E-state index >= 15 is 0 Å². The third kappa shape index (κ3) is 2.48. The van der Waals surface area contributed by atoms with Gasteiger partial charge in [-0.05, 0) is 32.4 Å². The highest BCUT2D eigenvalue weighted by atomic mass is 15.1. The number of allylic oxidation sites excluding steroid dienone is 4. The third-order valence-corrected chi connectivity index (χ3v) is 2.63. The van der Waals surface area contributed by atoms with Gasteiger partial charge in [-0.15, -0.1) is 0 Å². The second-order valence-corrected chi connectivity index (χ2v) is 3.73. The normalized spacial score (nSPS) is 15.9. The molecule has 1 aliphatic rings. The summed E-state index contributed by atoms with van der Waals surface area (Å²) in [6, 6.07) is 0. The van der Waals surface area contributed by atoms with E-state index in [2.05, 4.69) is 42.9 Å². The first-order valence-electron chi connectivity index (χ1n) is 5.09. The lowest BCUT2D eigenvalue weighted by atomic mass is 10.0. The molecule has 0 amide bonds. The van der Waals surface area contributed by atoms with Gasteiger partial charge >= 0.3 is 0 Å². The summed E-state index contributed by atoms with van der Waals surface area (Å²) in [5.41, 5.74) is 3.88. The maximum atomic E-state index is 4.06. The van der Waals surface area contributed by atoms with Crippen molar-refractivity contribution in [2.75, 3.05) is 20.6 Å². The largest absolute Gasteiger partial charge is 0.351 e. The molecule has 2 nitrogen and oxygen atoms in total. The maximum Gasteiger partial charge on any atom is 0.0350 e.